The van der Waals surface area contributed by atoms with Crippen molar-refractivity contribution in [1.29, 1.82) is 0 Å². The normalized spacial score (nSPS) is 10.8. The molecular formula is C12H18BrNO3. The van der Waals surface area contributed by atoms with E-state index in [9.17, 15) is 0 Å². The Balaban J connectivity index is 3.42. The van der Waals surface area contributed by atoms with Gasteiger partial charge in [0.1, 0.15) is 16.0 Å². The summed E-state index contributed by atoms with van der Waals surface area (Å²) in [6.45, 7) is 4.50. The van der Waals surface area contributed by atoms with Gasteiger partial charge in [-0.1, -0.05) is 13.8 Å². The second-order valence-corrected chi connectivity index (χ2v) is 4.76. The van der Waals surface area contributed by atoms with Crippen molar-refractivity contribution in [3.05, 3.63) is 21.7 Å². The van der Waals surface area contributed by atoms with Crippen LogP contribution in [0.5, 0.6) is 11.5 Å². The standard InChI is InChI=1S/C12H18BrNO3/c1-7(2)9-5-8(6-17-14)11(15-3)10(13)12(9)16-4/h5,7H,6,14H2,1-4H3. The van der Waals surface area contributed by atoms with Crippen molar-refractivity contribution in [3.8, 4) is 11.5 Å². The van der Waals surface area contributed by atoms with Crippen LogP contribution in [0.4, 0.5) is 0 Å². The zero-order valence-electron chi connectivity index (χ0n) is 10.5. The SMILES string of the molecule is COc1c(CON)cc(C(C)C)c(OC)c1Br. The van der Waals surface area contributed by atoms with Crippen LogP contribution in [0.25, 0.3) is 0 Å². The maximum absolute atomic E-state index is 5.41. The summed E-state index contributed by atoms with van der Waals surface area (Å²) in [4.78, 5) is 4.69. The third-order valence-corrected chi connectivity index (χ3v) is 3.27. The number of nitrogens with two attached hydrogens (primary N) is 1. The van der Waals surface area contributed by atoms with Crippen LogP contribution in [0.15, 0.2) is 10.5 Å². The number of ether oxygens (including phenoxy) is 2. The summed E-state index contributed by atoms with van der Waals surface area (Å²) in [6.07, 6.45) is 0. The molecule has 0 fully saturated rings. The lowest BCUT2D eigenvalue weighted by atomic mass is 9.99. The summed E-state index contributed by atoms with van der Waals surface area (Å²) in [5, 5.41) is 0. The molecule has 0 atom stereocenters. The van der Waals surface area contributed by atoms with Crippen molar-refractivity contribution in [2.24, 2.45) is 5.90 Å². The van der Waals surface area contributed by atoms with Gasteiger partial charge in [0.25, 0.3) is 0 Å². The Kier molecular flexibility index (Phi) is 5.24. The van der Waals surface area contributed by atoms with Gasteiger partial charge in [0.05, 0.1) is 20.8 Å². The van der Waals surface area contributed by atoms with E-state index in [1.165, 1.54) is 0 Å². The Morgan fingerprint density at radius 3 is 2.24 bits per heavy atom. The van der Waals surface area contributed by atoms with Gasteiger partial charge < -0.3 is 9.47 Å². The Morgan fingerprint density at radius 1 is 1.24 bits per heavy atom. The zero-order chi connectivity index (χ0) is 13.0. The minimum atomic E-state index is 0.297. The molecule has 17 heavy (non-hydrogen) atoms. The van der Waals surface area contributed by atoms with E-state index >= 15 is 0 Å². The van der Waals surface area contributed by atoms with Gasteiger partial charge in [0, 0.05) is 5.56 Å². The highest BCUT2D eigenvalue weighted by molar-refractivity contribution is 9.10. The summed E-state index contributed by atoms with van der Waals surface area (Å²) in [6, 6.07) is 2.00. The molecule has 5 heteroatoms. The summed E-state index contributed by atoms with van der Waals surface area (Å²) in [5.41, 5.74) is 1.98. The fourth-order valence-corrected chi connectivity index (χ4v) is 2.55. The summed E-state index contributed by atoms with van der Waals surface area (Å²) >= 11 is 3.50. The minimum Gasteiger partial charge on any atom is -0.495 e. The molecule has 0 spiro atoms. The smallest absolute Gasteiger partial charge is 0.142 e. The number of hydrogen-bond acceptors (Lipinski definition) is 4. The molecule has 0 heterocycles. The minimum absolute atomic E-state index is 0.297. The van der Waals surface area contributed by atoms with Gasteiger partial charge in [-0.25, -0.2) is 5.90 Å². The number of rotatable bonds is 5. The molecule has 96 valence electrons. The molecular weight excluding hydrogens is 286 g/mol. The van der Waals surface area contributed by atoms with Crippen LogP contribution in [0, 0.1) is 0 Å². The maximum Gasteiger partial charge on any atom is 0.142 e. The average Bonchev–Trinajstić information content (AvgIpc) is 2.29. The molecule has 0 aliphatic rings. The molecule has 1 aromatic carbocycles. The Morgan fingerprint density at radius 2 is 1.82 bits per heavy atom. The lowest BCUT2D eigenvalue weighted by molar-refractivity contribution is 0.122. The fraction of sp³-hybridized carbons (Fsp3) is 0.500. The van der Waals surface area contributed by atoms with Crippen LogP contribution in [0.2, 0.25) is 0 Å². The van der Waals surface area contributed by atoms with E-state index in [0.717, 1.165) is 21.3 Å². The summed E-state index contributed by atoms with van der Waals surface area (Å²) in [7, 11) is 3.25. The molecule has 0 bridgehead atoms. The van der Waals surface area contributed by atoms with Crippen LogP contribution < -0.4 is 15.4 Å². The summed E-state index contributed by atoms with van der Waals surface area (Å²) in [5.74, 6) is 6.95. The van der Waals surface area contributed by atoms with Gasteiger partial charge in [0.15, 0.2) is 0 Å². The highest BCUT2D eigenvalue weighted by Crippen LogP contribution is 2.42. The predicted octanol–water partition coefficient (Wildman–Crippen LogP) is 2.98. The predicted molar refractivity (Wildman–Crippen MR) is 70.3 cm³/mol. The molecule has 0 amide bonds. The number of methoxy groups -OCH3 is 2. The molecule has 1 rings (SSSR count). The number of benzene rings is 1. The molecule has 0 aromatic heterocycles. The largest absolute Gasteiger partial charge is 0.495 e. The first-order valence-corrected chi connectivity index (χ1v) is 6.11. The highest BCUT2D eigenvalue weighted by atomic mass is 79.9. The van der Waals surface area contributed by atoms with E-state index in [-0.39, 0.29) is 0 Å². The van der Waals surface area contributed by atoms with E-state index in [1.807, 2.05) is 6.07 Å². The quantitative estimate of drug-likeness (QED) is 0.850. The van der Waals surface area contributed by atoms with Crippen molar-refractivity contribution in [2.75, 3.05) is 14.2 Å². The molecule has 0 aliphatic heterocycles. The van der Waals surface area contributed by atoms with Crippen LogP contribution in [-0.2, 0) is 11.4 Å². The van der Waals surface area contributed by atoms with Gasteiger partial charge in [-0.3, -0.25) is 4.84 Å². The van der Waals surface area contributed by atoms with Crippen LogP contribution in [0.1, 0.15) is 30.9 Å². The third kappa shape index (κ3) is 2.91. The van der Waals surface area contributed by atoms with Gasteiger partial charge in [-0.2, -0.15) is 0 Å². The van der Waals surface area contributed by atoms with Crippen molar-refractivity contribution in [2.45, 2.75) is 26.4 Å². The average molecular weight is 304 g/mol. The first-order valence-electron chi connectivity index (χ1n) is 5.31. The molecule has 4 nitrogen and oxygen atoms in total. The van der Waals surface area contributed by atoms with E-state index in [1.54, 1.807) is 14.2 Å². The first-order chi connectivity index (χ1) is 8.06. The molecule has 1 aromatic rings. The number of hydrogen-bond donors (Lipinski definition) is 1. The van der Waals surface area contributed by atoms with Crippen LogP contribution >= 0.6 is 15.9 Å². The molecule has 0 saturated heterocycles. The van der Waals surface area contributed by atoms with Crippen molar-refractivity contribution in [3.63, 3.8) is 0 Å². The Labute approximate surface area is 110 Å². The topological polar surface area (TPSA) is 53.7 Å². The van der Waals surface area contributed by atoms with E-state index in [0.29, 0.717) is 18.3 Å². The van der Waals surface area contributed by atoms with E-state index in [4.69, 9.17) is 20.2 Å². The second kappa shape index (κ2) is 6.23. The van der Waals surface area contributed by atoms with Gasteiger partial charge >= 0.3 is 0 Å². The van der Waals surface area contributed by atoms with Crippen molar-refractivity contribution in [1.82, 2.24) is 0 Å². The Bertz CT molecular complexity index is 394. The van der Waals surface area contributed by atoms with Crippen LogP contribution in [0.3, 0.4) is 0 Å². The molecule has 0 saturated carbocycles. The molecule has 0 radical (unpaired) electrons. The zero-order valence-corrected chi connectivity index (χ0v) is 12.1. The van der Waals surface area contributed by atoms with Crippen molar-refractivity contribution < 1.29 is 14.3 Å². The first kappa shape index (κ1) is 14.3. The van der Waals surface area contributed by atoms with E-state index in [2.05, 4.69) is 29.8 Å². The Hall–Kier alpha value is -0.780. The number of halogens is 1. The molecule has 2 N–H and O–H groups in total. The van der Waals surface area contributed by atoms with Gasteiger partial charge in [-0.15, -0.1) is 0 Å². The fourth-order valence-electron chi connectivity index (χ4n) is 1.74. The van der Waals surface area contributed by atoms with Crippen molar-refractivity contribution >= 4 is 15.9 Å². The second-order valence-electron chi connectivity index (χ2n) is 3.97. The van der Waals surface area contributed by atoms with Crippen LogP contribution in [-0.4, -0.2) is 14.2 Å². The van der Waals surface area contributed by atoms with Gasteiger partial charge in [-0.05, 0) is 33.5 Å². The third-order valence-electron chi connectivity index (χ3n) is 2.55. The molecule has 0 aliphatic carbocycles. The van der Waals surface area contributed by atoms with Gasteiger partial charge in [0.2, 0.25) is 0 Å². The summed E-state index contributed by atoms with van der Waals surface area (Å²) < 4.78 is 11.5. The molecule has 0 unspecified atom stereocenters. The lowest BCUT2D eigenvalue weighted by Crippen LogP contribution is -2.05. The monoisotopic (exact) mass is 303 g/mol. The van der Waals surface area contributed by atoms with E-state index < -0.39 is 0 Å². The maximum atomic E-state index is 5.41. The highest BCUT2D eigenvalue weighted by Gasteiger charge is 2.19. The lowest BCUT2D eigenvalue weighted by Gasteiger charge is -2.19.